The SMILES string of the molecule is N#CCCCCCCCCNc1c2c(nc3cc(Cl)ccc13)CCCC2. The molecule has 1 aliphatic rings. The lowest BCUT2D eigenvalue weighted by atomic mass is 9.92. The fourth-order valence-corrected chi connectivity index (χ4v) is 4.02. The maximum Gasteiger partial charge on any atom is 0.0741 e. The van der Waals surface area contributed by atoms with E-state index in [9.17, 15) is 0 Å². The van der Waals surface area contributed by atoms with Crippen LogP contribution in [0.1, 0.15) is 69.0 Å². The molecule has 1 aromatic carbocycles. The van der Waals surface area contributed by atoms with Gasteiger partial charge in [-0.2, -0.15) is 5.26 Å². The summed E-state index contributed by atoms with van der Waals surface area (Å²) < 4.78 is 0. The molecule has 1 aromatic heterocycles. The lowest BCUT2D eigenvalue weighted by Gasteiger charge is -2.22. The molecular weight excluding hydrogens is 342 g/mol. The Kier molecular flexibility index (Phi) is 7.14. The zero-order valence-corrected chi connectivity index (χ0v) is 16.2. The van der Waals surface area contributed by atoms with Crippen molar-refractivity contribution in [2.75, 3.05) is 11.9 Å². The predicted molar refractivity (Wildman–Crippen MR) is 110 cm³/mol. The number of benzene rings is 1. The molecule has 0 aliphatic heterocycles. The minimum Gasteiger partial charge on any atom is -0.384 e. The van der Waals surface area contributed by atoms with Gasteiger partial charge in [-0.1, -0.05) is 37.3 Å². The summed E-state index contributed by atoms with van der Waals surface area (Å²) in [4.78, 5) is 4.88. The highest BCUT2D eigenvalue weighted by atomic mass is 35.5. The zero-order valence-electron chi connectivity index (χ0n) is 15.5. The van der Waals surface area contributed by atoms with Crippen molar-refractivity contribution in [2.45, 2.75) is 70.6 Å². The molecule has 0 saturated carbocycles. The number of fused-ring (bicyclic) bond motifs is 2. The van der Waals surface area contributed by atoms with Crippen molar-refractivity contribution in [1.29, 1.82) is 5.26 Å². The van der Waals surface area contributed by atoms with Gasteiger partial charge in [0.15, 0.2) is 0 Å². The maximum absolute atomic E-state index is 8.55. The van der Waals surface area contributed by atoms with E-state index < -0.39 is 0 Å². The molecule has 1 N–H and O–H groups in total. The van der Waals surface area contributed by atoms with Crippen LogP contribution in [-0.4, -0.2) is 11.5 Å². The molecule has 4 heteroatoms. The lowest BCUT2D eigenvalue weighted by molar-refractivity contribution is 0.606. The van der Waals surface area contributed by atoms with Crippen LogP contribution in [0.25, 0.3) is 10.9 Å². The smallest absolute Gasteiger partial charge is 0.0741 e. The first-order valence-corrected chi connectivity index (χ1v) is 10.4. The molecule has 0 amide bonds. The first-order valence-electron chi connectivity index (χ1n) is 10.0. The Morgan fingerprint density at radius 3 is 2.65 bits per heavy atom. The molecule has 26 heavy (non-hydrogen) atoms. The van der Waals surface area contributed by atoms with E-state index in [1.165, 1.54) is 67.3 Å². The van der Waals surface area contributed by atoms with E-state index in [0.717, 1.165) is 36.3 Å². The Morgan fingerprint density at radius 2 is 1.81 bits per heavy atom. The number of nitrogens with zero attached hydrogens (tertiary/aromatic N) is 2. The van der Waals surface area contributed by atoms with Gasteiger partial charge >= 0.3 is 0 Å². The van der Waals surface area contributed by atoms with Crippen molar-refractivity contribution in [2.24, 2.45) is 0 Å². The molecular formula is C22H28ClN3. The van der Waals surface area contributed by atoms with Gasteiger partial charge in [0, 0.05) is 34.8 Å². The number of halogens is 1. The summed E-state index contributed by atoms with van der Waals surface area (Å²) in [5.41, 5.74) is 4.97. The molecule has 3 rings (SSSR count). The van der Waals surface area contributed by atoms with Gasteiger partial charge in [-0.05, 0) is 62.3 Å². The van der Waals surface area contributed by atoms with Crippen LogP contribution in [0, 0.1) is 11.3 Å². The van der Waals surface area contributed by atoms with Gasteiger partial charge in [-0.25, -0.2) is 0 Å². The number of anilines is 1. The molecule has 0 spiro atoms. The molecule has 0 bridgehead atoms. The van der Waals surface area contributed by atoms with Crippen LogP contribution in [0.15, 0.2) is 18.2 Å². The largest absolute Gasteiger partial charge is 0.384 e. The number of unbranched alkanes of at least 4 members (excludes halogenated alkanes) is 6. The second-order valence-corrected chi connectivity index (χ2v) is 7.67. The number of nitriles is 1. The van der Waals surface area contributed by atoms with Crippen molar-refractivity contribution < 1.29 is 0 Å². The summed E-state index contributed by atoms with van der Waals surface area (Å²) in [6, 6.07) is 8.27. The Hall–Kier alpha value is -1.79. The molecule has 1 heterocycles. The first-order chi connectivity index (χ1) is 12.8. The summed E-state index contributed by atoms with van der Waals surface area (Å²) in [6.45, 7) is 1.01. The van der Waals surface area contributed by atoms with Crippen LogP contribution >= 0.6 is 11.6 Å². The second kappa shape index (κ2) is 9.78. The van der Waals surface area contributed by atoms with Crippen molar-refractivity contribution >= 4 is 28.2 Å². The molecule has 3 nitrogen and oxygen atoms in total. The standard InChI is InChI=1S/C22H28ClN3/c23-17-12-13-19-21(16-17)26-20-11-7-6-10-18(20)22(19)25-15-9-5-3-1-2-4-8-14-24/h12-13,16H,1-11,15H2,(H,25,26). The molecule has 2 aromatic rings. The van der Waals surface area contributed by atoms with Gasteiger partial charge in [-0.15, -0.1) is 0 Å². The van der Waals surface area contributed by atoms with Gasteiger partial charge < -0.3 is 5.32 Å². The molecule has 0 fully saturated rings. The summed E-state index contributed by atoms with van der Waals surface area (Å²) in [5.74, 6) is 0. The van der Waals surface area contributed by atoms with E-state index in [-0.39, 0.29) is 0 Å². The summed E-state index contributed by atoms with van der Waals surface area (Å²) in [6.07, 6.45) is 12.6. The third-order valence-corrected chi connectivity index (χ3v) is 5.48. The predicted octanol–water partition coefficient (Wildman–Crippen LogP) is 6.43. The molecule has 0 radical (unpaired) electrons. The van der Waals surface area contributed by atoms with Crippen molar-refractivity contribution in [3.63, 3.8) is 0 Å². The summed E-state index contributed by atoms with van der Waals surface area (Å²) in [7, 11) is 0. The molecule has 138 valence electrons. The number of rotatable bonds is 9. The van der Waals surface area contributed by atoms with Crippen molar-refractivity contribution in [3.8, 4) is 6.07 Å². The van der Waals surface area contributed by atoms with Crippen LogP contribution in [-0.2, 0) is 12.8 Å². The third-order valence-electron chi connectivity index (χ3n) is 5.24. The highest BCUT2D eigenvalue weighted by Crippen LogP contribution is 2.34. The molecule has 1 aliphatic carbocycles. The van der Waals surface area contributed by atoms with Gasteiger partial charge in [0.05, 0.1) is 11.6 Å². The number of nitrogens with one attached hydrogen (secondary N) is 1. The minimum absolute atomic E-state index is 0.700. The van der Waals surface area contributed by atoms with E-state index in [1.54, 1.807) is 0 Å². The second-order valence-electron chi connectivity index (χ2n) is 7.24. The Morgan fingerprint density at radius 1 is 1.04 bits per heavy atom. The van der Waals surface area contributed by atoms with Crippen LogP contribution in [0.4, 0.5) is 5.69 Å². The normalized spacial score (nSPS) is 13.4. The monoisotopic (exact) mass is 369 g/mol. The fourth-order valence-electron chi connectivity index (χ4n) is 3.85. The van der Waals surface area contributed by atoms with Gasteiger partial charge in [-0.3, -0.25) is 4.98 Å². The van der Waals surface area contributed by atoms with E-state index in [2.05, 4.69) is 17.5 Å². The molecule has 0 atom stereocenters. The average Bonchev–Trinajstić information content (AvgIpc) is 2.65. The van der Waals surface area contributed by atoms with E-state index in [4.69, 9.17) is 21.8 Å². The first kappa shape index (κ1) is 19.0. The van der Waals surface area contributed by atoms with Gasteiger partial charge in [0.1, 0.15) is 0 Å². The van der Waals surface area contributed by atoms with E-state index in [0.29, 0.717) is 6.42 Å². The van der Waals surface area contributed by atoms with Crippen LogP contribution < -0.4 is 5.32 Å². The Bertz CT molecular complexity index is 779. The molecule has 0 unspecified atom stereocenters. The third kappa shape index (κ3) is 4.89. The average molecular weight is 370 g/mol. The maximum atomic E-state index is 8.55. The highest BCUT2D eigenvalue weighted by molar-refractivity contribution is 6.31. The number of aromatic nitrogens is 1. The van der Waals surface area contributed by atoms with E-state index in [1.807, 2.05) is 12.1 Å². The zero-order chi connectivity index (χ0) is 18.2. The summed E-state index contributed by atoms with van der Waals surface area (Å²) >= 11 is 6.18. The van der Waals surface area contributed by atoms with Crippen LogP contribution in [0.3, 0.4) is 0 Å². The summed E-state index contributed by atoms with van der Waals surface area (Å²) in [5, 5.41) is 14.2. The quantitative estimate of drug-likeness (QED) is 0.518. The fraction of sp³-hybridized carbons (Fsp3) is 0.545. The van der Waals surface area contributed by atoms with Crippen molar-refractivity contribution in [3.05, 3.63) is 34.5 Å². The van der Waals surface area contributed by atoms with Crippen LogP contribution in [0.2, 0.25) is 5.02 Å². The number of pyridine rings is 1. The van der Waals surface area contributed by atoms with Gasteiger partial charge in [0.25, 0.3) is 0 Å². The molecule has 0 saturated heterocycles. The minimum atomic E-state index is 0.700. The Labute approximate surface area is 161 Å². The number of hydrogen-bond donors (Lipinski definition) is 1. The van der Waals surface area contributed by atoms with E-state index >= 15 is 0 Å². The number of aryl methyl sites for hydroxylation is 1. The lowest BCUT2D eigenvalue weighted by Crippen LogP contribution is -2.12. The number of hydrogen-bond acceptors (Lipinski definition) is 3. The van der Waals surface area contributed by atoms with Crippen LogP contribution in [0.5, 0.6) is 0 Å². The highest BCUT2D eigenvalue weighted by Gasteiger charge is 2.18. The topological polar surface area (TPSA) is 48.7 Å². The van der Waals surface area contributed by atoms with Crippen molar-refractivity contribution in [1.82, 2.24) is 4.98 Å². The van der Waals surface area contributed by atoms with Gasteiger partial charge in [0.2, 0.25) is 0 Å². The Balaban J connectivity index is 1.59.